The molecular weight excluding hydrogens is 144 g/mol. The van der Waals surface area contributed by atoms with Crippen LogP contribution in [0, 0.1) is 11.8 Å². The first-order chi connectivity index (χ1) is 5.84. The third kappa shape index (κ3) is 1.91. The first kappa shape index (κ1) is 8.34. The second kappa shape index (κ2) is 3.64. The van der Waals surface area contributed by atoms with E-state index in [1.165, 1.54) is 56.9 Å². The number of hydrogen-bond acceptors (Lipinski definition) is 0. The van der Waals surface area contributed by atoms with Crippen molar-refractivity contribution in [3.8, 4) is 0 Å². The van der Waals surface area contributed by atoms with Crippen molar-refractivity contribution < 1.29 is 0 Å². The molecule has 2 aliphatic rings. The summed E-state index contributed by atoms with van der Waals surface area (Å²) in [6.45, 7) is 4.17. The molecule has 2 atom stereocenters. The minimum absolute atomic E-state index is 1.01. The zero-order valence-corrected chi connectivity index (χ0v) is 8.02. The molecule has 0 aromatic heterocycles. The summed E-state index contributed by atoms with van der Waals surface area (Å²) in [5.74, 6) is 2.02. The zero-order chi connectivity index (χ0) is 8.39. The monoisotopic (exact) mass is 164 g/mol. The van der Waals surface area contributed by atoms with E-state index in [0.29, 0.717) is 0 Å². The van der Waals surface area contributed by atoms with Gasteiger partial charge in [0.2, 0.25) is 0 Å². The summed E-state index contributed by atoms with van der Waals surface area (Å²) in [5, 5.41) is 0. The second-order valence-electron chi connectivity index (χ2n) is 4.76. The van der Waals surface area contributed by atoms with Crippen molar-refractivity contribution in [2.45, 2.75) is 51.4 Å². The van der Waals surface area contributed by atoms with Gasteiger partial charge in [-0.3, -0.25) is 0 Å². The van der Waals surface area contributed by atoms with E-state index in [0.717, 1.165) is 11.8 Å². The summed E-state index contributed by atoms with van der Waals surface area (Å²) in [4.78, 5) is 0. The van der Waals surface area contributed by atoms with Crippen molar-refractivity contribution in [1.82, 2.24) is 0 Å². The molecule has 68 valence electrons. The number of fused-ring (bicyclic) bond motifs is 2. The molecule has 0 radical (unpaired) electrons. The SMILES string of the molecule is C=C1CC2CCCCCC(C1)C2. The van der Waals surface area contributed by atoms with Crippen LogP contribution in [0.2, 0.25) is 0 Å². The van der Waals surface area contributed by atoms with Gasteiger partial charge in [0, 0.05) is 0 Å². The molecular formula is C12H20. The van der Waals surface area contributed by atoms with E-state index >= 15 is 0 Å². The summed E-state index contributed by atoms with van der Waals surface area (Å²) >= 11 is 0. The highest BCUT2D eigenvalue weighted by molar-refractivity contribution is 5.02. The van der Waals surface area contributed by atoms with Gasteiger partial charge in [0.05, 0.1) is 0 Å². The van der Waals surface area contributed by atoms with Gasteiger partial charge in [-0.15, -0.1) is 0 Å². The molecule has 0 aromatic rings. The fourth-order valence-corrected chi connectivity index (χ4v) is 3.02. The summed E-state index contributed by atoms with van der Waals surface area (Å²) in [7, 11) is 0. The Balaban J connectivity index is 1.98. The summed E-state index contributed by atoms with van der Waals surface area (Å²) in [6, 6.07) is 0. The molecule has 0 saturated heterocycles. The van der Waals surface area contributed by atoms with Gasteiger partial charge in [-0.05, 0) is 31.1 Å². The van der Waals surface area contributed by atoms with E-state index in [1.54, 1.807) is 0 Å². The van der Waals surface area contributed by atoms with E-state index in [9.17, 15) is 0 Å². The van der Waals surface area contributed by atoms with Crippen LogP contribution in [-0.2, 0) is 0 Å². The lowest BCUT2D eigenvalue weighted by Gasteiger charge is -2.32. The maximum Gasteiger partial charge on any atom is -0.0294 e. The Morgan fingerprint density at radius 3 is 2.08 bits per heavy atom. The van der Waals surface area contributed by atoms with Crippen LogP contribution in [0.25, 0.3) is 0 Å². The highest BCUT2D eigenvalue weighted by Gasteiger charge is 2.24. The quantitative estimate of drug-likeness (QED) is 0.476. The van der Waals surface area contributed by atoms with Crippen LogP contribution < -0.4 is 0 Å². The minimum Gasteiger partial charge on any atom is -0.0998 e. The van der Waals surface area contributed by atoms with Crippen molar-refractivity contribution in [2.24, 2.45) is 11.8 Å². The predicted octanol–water partition coefficient (Wildman–Crippen LogP) is 3.92. The molecule has 2 rings (SSSR count). The van der Waals surface area contributed by atoms with Crippen LogP contribution in [0.3, 0.4) is 0 Å². The van der Waals surface area contributed by atoms with Gasteiger partial charge < -0.3 is 0 Å². The van der Waals surface area contributed by atoms with Gasteiger partial charge in [-0.1, -0.05) is 44.3 Å². The Kier molecular flexibility index (Phi) is 2.53. The van der Waals surface area contributed by atoms with Crippen LogP contribution in [-0.4, -0.2) is 0 Å². The lowest BCUT2D eigenvalue weighted by molar-refractivity contribution is 0.258. The summed E-state index contributed by atoms with van der Waals surface area (Å²) in [6.07, 6.45) is 11.6. The van der Waals surface area contributed by atoms with Gasteiger partial charge in [-0.2, -0.15) is 0 Å². The standard InChI is InChI=1S/C12H20/c1-10-7-11-5-3-2-4-6-12(8-10)9-11/h11-12H,1-9H2. The van der Waals surface area contributed by atoms with Crippen LogP contribution in [0.15, 0.2) is 12.2 Å². The fourth-order valence-electron chi connectivity index (χ4n) is 3.02. The van der Waals surface area contributed by atoms with Gasteiger partial charge in [0.1, 0.15) is 0 Å². The van der Waals surface area contributed by atoms with Crippen LogP contribution in [0.1, 0.15) is 51.4 Å². The van der Waals surface area contributed by atoms with Crippen molar-refractivity contribution in [3.63, 3.8) is 0 Å². The Bertz CT molecular complexity index is 153. The van der Waals surface area contributed by atoms with Crippen LogP contribution in [0.4, 0.5) is 0 Å². The molecule has 2 saturated carbocycles. The molecule has 0 aromatic carbocycles. The molecule has 2 bridgehead atoms. The Morgan fingerprint density at radius 2 is 1.50 bits per heavy atom. The second-order valence-corrected chi connectivity index (χ2v) is 4.76. The van der Waals surface area contributed by atoms with Gasteiger partial charge in [0.15, 0.2) is 0 Å². The number of rotatable bonds is 0. The van der Waals surface area contributed by atoms with Gasteiger partial charge in [0.25, 0.3) is 0 Å². The lowest BCUT2D eigenvalue weighted by Crippen LogP contribution is -2.18. The molecule has 0 heterocycles. The third-order valence-electron chi connectivity index (χ3n) is 3.55. The molecule has 2 aliphatic carbocycles. The number of hydrogen-bond donors (Lipinski definition) is 0. The summed E-state index contributed by atoms with van der Waals surface area (Å²) in [5.41, 5.74) is 1.54. The average Bonchev–Trinajstić information content (AvgIpc) is 2.00. The van der Waals surface area contributed by atoms with Crippen LogP contribution >= 0.6 is 0 Å². The Morgan fingerprint density at radius 1 is 0.917 bits per heavy atom. The van der Waals surface area contributed by atoms with Crippen molar-refractivity contribution in [1.29, 1.82) is 0 Å². The van der Waals surface area contributed by atoms with Gasteiger partial charge >= 0.3 is 0 Å². The Hall–Kier alpha value is -0.260. The Labute approximate surface area is 76.1 Å². The first-order valence-corrected chi connectivity index (χ1v) is 5.51. The highest BCUT2D eigenvalue weighted by Crippen LogP contribution is 2.39. The van der Waals surface area contributed by atoms with Gasteiger partial charge in [-0.25, -0.2) is 0 Å². The maximum absolute atomic E-state index is 4.17. The third-order valence-corrected chi connectivity index (χ3v) is 3.55. The normalized spacial score (nSPS) is 37.2. The molecule has 2 unspecified atom stereocenters. The molecule has 0 aliphatic heterocycles. The van der Waals surface area contributed by atoms with E-state index in [-0.39, 0.29) is 0 Å². The largest absolute Gasteiger partial charge is 0.0998 e. The number of allylic oxidation sites excluding steroid dienone is 1. The lowest BCUT2D eigenvalue weighted by atomic mass is 9.73. The predicted molar refractivity (Wildman–Crippen MR) is 53.1 cm³/mol. The van der Waals surface area contributed by atoms with E-state index < -0.39 is 0 Å². The van der Waals surface area contributed by atoms with Crippen LogP contribution in [0.5, 0.6) is 0 Å². The summed E-state index contributed by atoms with van der Waals surface area (Å²) < 4.78 is 0. The first-order valence-electron chi connectivity index (χ1n) is 5.51. The topological polar surface area (TPSA) is 0 Å². The van der Waals surface area contributed by atoms with E-state index in [1.807, 2.05) is 0 Å². The van der Waals surface area contributed by atoms with Crippen molar-refractivity contribution in [2.75, 3.05) is 0 Å². The molecule has 0 nitrogen and oxygen atoms in total. The molecule has 0 heteroatoms. The molecule has 0 amide bonds. The maximum atomic E-state index is 4.17. The fraction of sp³-hybridized carbons (Fsp3) is 0.833. The van der Waals surface area contributed by atoms with E-state index in [2.05, 4.69) is 6.58 Å². The smallest absolute Gasteiger partial charge is 0.0294 e. The van der Waals surface area contributed by atoms with Crippen molar-refractivity contribution >= 4 is 0 Å². The minimum atomic E-state index is 1.01. The van der Waals surface area contributed by atoms with Crippen molar-refractivity contribution in [3.05, 3.63) is 12.2 Å². The molecule has 0 spiro atoms. The molecule has 12 heavy (non-hydrogen) atoms. The van der Waals surface area contributed by atoms with E-state index in [4.69, 9.17) is 0 Å². The molecule has 0 N–H and O–H groups in total. The highest BCUT2D eigenvalue weighted by atomic mass is 14.3. The zero-order valence-electron chi connectivity index (χ0n) is 8.02. The average molecular weight is 164 g/mol. The molecule has 2 fully saturated rings.